The summed E-state index contributed by atoms with van der Waals surface area (Å²) in [7, 11) is 1.63. The molecule has 1 aromatic heterocycles. The first kappa shape index (κ1) is 11.6. The normalized spacial score (nSPS) is 19.1. The zero-order valence-corrected chi connectivity index (χ0v) is 9.56. The molecule has 1 N–H and O–H groups in total. The third-order valence-electron chi connectivity index (χ3n) is 2.84. The molecule has 0 aliphatic carbocycles. The zero-order chi connectivity index (χ0) is 11.4. The lowest BCUT2D eigenvalue weighted by Crippen LogP contribution is -2.35. The van der Waals surface area contributed by atoms with E-state index in [2.05, 4.69) is 10.1 Å². The zero-order valence-electron chi connectivity index (χ0n) is 9.56. The Morgan fingerprint density at radius 3 is 3.00 bits per heavy atom. The quantitative estimate of drug-likeness (QED) is 0.822. The first-order valence-electron chi connectivity index (χ1n) is 5.62. The van der Waals surface area contributed by atoms with Gasteiger partial charge in [-0.05, 0) is 12.8 Å². The number of hydrogen-bond acceptors (Lipinski definition) is 5. The second kappa shape index (κ2) is 5.43. The molecule has 2 heterocycles. The van der Waals surface area contributed by atoms with Crippen LogP contribution in [0.15, 0.2) is 10.6 Å². The average molecular weight is 226 g/mol. The number of aromatic nitrogens is 1. The van der Waals surface area contributed by atoms with Gasteiger partial charge in [0.25, 0.3) is 0 Å². The minimum absolute atomic E-state index is 0.127. The van der Waals surface area contributed by atoms with Gasteiger partial charge in [0.15, 0.2) is 5.76 Å². The molecule has 0 radical (unpaired) electrons. The minimum Gasteiger partial charge on any atom is -0.393 e. The standard InChI is InChI=1S/C11H18N2O3/c1-15-8-11-6-9(12-16-11)7-13-4-2-10(14)3-5-13/h6,10,14H,2-5,7-8H2,1H3. The Morgan fingerprint density at radius 1 is 1.56 bits per heavy atom. The summed E-state index contributed by atoms with van der Waals surface area (Å²) in [4.78, 5) is 2.28. The molecule has 0 aromatic carbocycles. The summed E-state index contributed by atoms with van der Waals surface area (Å²) < 4.78 is 10.1. The van der Waals surface area contributed by atoms with Crippen LogP contribution < -0.4 is 0 Å². The second-order valence-electron chi connectivity index (χ2n) is 4.22. The van der Waals surface area contributed by atoms with E-state index in [4.69, 9.17) is 9.26 Å². The van der Waals surface area contributed by atoms with E-state index in [9.17, 15) is 5.11 Å². The topological polar surface area (TPSA) is 58.7 Å². The van der Waals surface area contributed by atoms with Gasteiger partial charge in [-0.15, -0.1) is 0 Å². The lowest BCUT2D eigenvalue weighted by molar-refractivity contribution is 0.0781. The van der Waals surface area contributed by atoms with E-state index < -0.39 is 0 Å². The number of ether oxygens (including phenoxy) is 1. The maximum atomic E-state index is 9.39. The number of aliphatic hydroxyl groups is 1. The van der Waals surface area contributed by atoms with Crippen molar-refractivity contribution in [2.45, 2.75) is 32.1 Å². The van der Waals surface area contributed by atoms with Gasteiger partial charge in [-0.25, -0.2) is 0 Å². The molecule has 0 saturated carbocycles. The van der Waals surface area contributed by atoms with Crippen LogP contribution in [0.3, 0.4) is 0 Å². The molecule has 0 spiro atoms. The fraction of sp³-hybridized carbons (Fsp3) is 0.727. The molecule has 0 amide bonds. The Balaban J connectivity index is 1.83. The molecule has 1 aliphatic rings. The molecule has 0 atom stereocenters. The third-order valence-corrected chi connectivity index (χ3v) is 2.84. The van der Waals surface area contributed by atoms with Crippen LogP contribution in [0.1, 0.15) is 24.3 Å². The fourth-order valence-electron chi connectivity index (χ4n) is 1.95. The summed E-state index contributed by atoms with van der Waals surface area (Å²) in [6.45, 7) is 3.10. The van der Waals surface area contributed by atoms with Gasteiger partial charge in [-0.3, -0.25) is 4.90 Å². The van der Waals surface area contributed by atoms with Crippen LogP contribution in [0, 0.1) is 0 Å². The number of rotatable bonds is 4. The molecule has 2 rings (SSSR count). The van der Waals surface area contributed by atoms with Crippen molar-refractivity contribution < 1.29 is 14.4 Å². The Morgan fingerprint density at radius 2 is 2.31 bits per heavy atom. The summed E-state index contributed by atoms with van der Waals surface area (Å²) in [6.07, 6.45) is 1.57. The number of aliphatic hydroxyl groups excluding tert-OH is 1. The van der Waals surface area contributed by atoms with Crippen molar-refractivity contribution >= 4 is 0 Å². The molecular weight excluding hydrogens is 208 g/mol. The van der Waals surface area contributed by atoms with Crippen molar-refractivity contribution in [3.8, 4) is 0 Å². The van der Waals surface area contributed by atoms with Crippen molar-refractivity contribution in [2.24, 2.45) is 0 Å². The van der Waals surface area contributed by atoms with Gasteiger partial charge in [-0.2, -0.15) is 0 Å². The Kier molecular flexibility index (Phi) is 3.93. The van der Waals surface area contributed by atoms with Crippen molar-refractivity contribution in [1.29, 1.82) is 0 Å². The number of likely N-dealkylation sites (tertiary alicyclic amines) is 1. The molecular formula is C11H18N2O3. The highest BCUT2D eigenvalue weighted by molar-refractivity contribution is 5.04. The number of methoxy groups -OCH3 is 1. The number of hydrogen-bond donors (Lipinski definition) is 1. The Labute approximate surface area is 95.0 Å². The molecule has 0 unspecified atom stereocenters. The van der Waals surface area contributed by atoms with E-state index in [1.807, 2.05) is 6.07 Å². The molecule has 1 fully saturated rings. The largest absolute Gasteiger partial charge is 0.393 e. The smallest absolute Gasteiger partial charge is 0.162 e. The summed E-state index contributed by atoms with van der Waals surface area (Å²) in [5.41, 5.74) is 0.934. The van der Waals surface area contributed by atoms with Crippen LogP contribution in [-0.2, 0) is 17.9 Å². The van der Waals surface area contributed by atoms with Crippen LogP contribution in [0.25, 0.3) is 0 Å². The first-order valence-corrected chi connectivity index (χ1v) is 5.62. The summed E-state index contributed by atoms with van der Waals surface area (Å²) in [6, 6.07) is 1.93. The molecule has 5 heteroatoms. The predicted octanol–water partition coefficient (Wildman–Crippen LogP) is 0.778. The van der Waals surface area contributed by atoms with Gasteiger partial charge in [0.05, 0.1) is 11.8 Å². The summed E-state index contributed by atoms with van der Waals surface area (Å²) >= 11 is 0. The molecule has 1 saturated heterocycles. The monoisotopic (exact) mass is 226 g/mol. The van der Waals surface area contributed by atoms with Crippen LogP contribution in [0.2, 0.25) is 0 Å². The van der Waals surface area contributed by atoms with Crippen LogP contribution >= 0.6 is 0 Å². The molecule has 1 aromatic rings. The van der Waals surface area contributed by atoms with E-state index in [0.29, 0.717) is 6.61 Å². The lowest BCUT2D eigenvalue weighted by Gasteiger charge is -2.28. The fourth-order valence-corrected chi connectivity index (χ4v) is 1.95. The van der Waals surface area contributed by atoms with Gasteiger partial charge in [0, 0.05) is 32.8 Å². The summed E-state index contributed by atoms with van der Waals surface area (Å²) in [5.74, 6) is 0.759. The maximum Gasteiger partial charge on any atom is 0.162 e. The van der Waals surface area contributed by atoms with Gasteiger partial charge in [-0.1, -0.05) is 5.16 Å². The van der Waals surface area contributed by atoms with Gasteiger partial charge < -0.3 is 14.4 Å². The first-order chi connectivity index (χ1) is 7.78. The van der Waals surface area contributed by atoms with E-state index in [0.717, 1.165) is 43.9 Å². The van der Waals surface area contributed by atoms with E-state index >= 15 is 0 Å². The van der Waals surface area contributed by atoms with Gasteiger partial charge >= 0.3 is 0 Å². The second-order valence-corrected chi connectivity index (χ2v) is 4.22. The van der Waals surface area contributed by atoms with Crippen LogP contribution in [0.5, 0.6) is 0 Å². The third kappa shape index (κ3) is 3.04. The molecule has 16 heavy (non-hydrogen) atoms. The minimum atomic E-state index is -0.127. The summed E-state index contributed by atoms with van der Waals surface area (Å²) in [5, 5.41) is 13.4. The SMILES string of the molecule is COCc1cc(CN2CCC(O)CC2)no1. The van der Waals surface area contributed by atoms with Crippen molar-refractivity contribution in [3.05, 3.63) is 17.5 Å². The Bertz CT molecular complexity index is 319. The molecule has 90 valence electrons. The highest BCUT2D eigenvalue weighted by atomic mass is 16.5. The van der Waals surface area contributed by atoms with Gasteiger partial charge in [0.1, 0.15) is 6.61 Å². The number of piperidine rings is 1. The predicted molar refractivity (Wildman–Crippen MR) is 57.7 cm³/mol. The number of nitrogens with zero attached hydrogens (tertiary/aromatic N) is 2. The van der Waals surface area contributed by atoms with E-state index in [1.165, 1.54) is 0 Å². The van der Waals surface area contributed by atoms with E-state index in [-0.39, 0.29) is 6.10 Å². The van der Waals surface area contributed by atoms with Crippen molar-refractivity contribution in [3.63, 3.8) is 0 Å². The highest BCUT2D eigenvalue weighted by Gasteiger charge is 2.18. The maximum absolute atomic E-state index is 9.39. The highest BCUT2D eigenvalue weighted by Crippen LogP contribution is 2.14. The van der Waals surface area contributed by atoms with Crippen molar-refractivity contribution in [1.82, 2.24) is 10.1 Å². The molecule has 1 aliphatic heterocycles. The lowest BCUT2D eigenvalue weighted by atomic mass is 10.1. The van der Waals surface area contributed by atoms with Gasteiger partial charge in [0.2, 0.25) is 0 Å². The van der Waals surface area contributed by atoms with Crippen LogP contribution in [0.4, 0.5) is 0 Å². The molecule has 0 bridgehead atoms. The van der Waals surface area contributed by atoms with Crippen LogP contribution in [-0.4, -0.2) is 41.5 Å². The molecule has 5 nitrogen and oxygen atoms in total. The van der Waals surface area contributed by atoms with E-state index in [1.54, 1.807) is 7.11 Å². The Hall–Kier alpha value is -0.910. The van der Waals surface area contributed by atoms with Crippen molar-refractivity contribution in [2.75, 3.05) is 20.2 Å². The average Bonchev–Trinajstić information content (AvgIpc) is 2.70.